The van der Waals surface area contributed by atoms with Gasteiger partial charge in [-0.2, -0.15) is 0 Å². The highest BCUT2D eigenvalue weighted by Crippen LogP contribution is 2.37. The van der Waals surface area contributed by atoms with E-state index in [2.05, 4.69) is 5.32 Å². The Morgan fingerprint density at radius 1 is 1.32 bits per heavy atom. The summed E-state index contributed by atoms with van der Waals surface area (Å²) in [5, 5.41) is 3.05. The second-order valence-corrected chi connectivity index (χ2v) is 4.60. The molecule has 1 N–H and O–H groups in total. The molecule has 0 atom stereocenters. The molecule has 0 aliphatic carbocycles. The Morgan fingerprint density at radius 2 is 2.00 bits per heavy atom. The van der Waals surface area contributed by atoms with E-state index in [9.17, 15) is 4.79 Å². The van der Waals surface area contributed by atoms with Gasteiger partial charge < -0.3 is 19.7 Å². The Kier molecular flexibility index (Phi) is 5.92. The molecule has 0 radical (unpaired) electrons. The number of rotatable bonds is 6. The topological polar surface area (TPSA) is 50.8 Å². The van der Waals surface area contributed by atoms with Gasteiger partial charge in [0.1, 0.15) is 0 Å². The first-order valence-electron chi connectivity index (χ1n) is 5.84. The summed E-state index contributed by atoms with van der Waals surface area (Å²) >= 11 is 6.15. The maximum Gasteiger partial charge on any atom is 0.252 e. The molecule has 1 aromatic carbocycles. The SMILES string of the molecule is COc1ccc(C(=O)NCCN(C)C)c(Cl)c1OC. The van der Waals surface area contributed by atoms with Gasteiger partial charge in [-0.3, -0.25) is 4.79 Å². The van der Waals surface area contributed by atoms with Crippen molar-refractivity contribution in [3.8, 4) is 11.5 Å². The van der Waals surface area contributed by atoms with Gasteiger partial charge in [-0.05, 0) is 26.2 Å². The lowest BCUT2D eigenvalue weighted by molar-refractivity contribution is 0.0951. The average Bonchev–Trinajstić information content (AvgIpc) is 2.37. The molecular weight excluding hydrogens is 268 g/mol. The molecule has 0 saturated carbocycles. The first-order chi connectivity index (χ1) is 9.01. The van der Waals surface area contributed by atoms with Crippen LogP contribution in [0.3, 0.4) is 0 Å². The molecule has 106 valence electrons. The zero-order valence-electron chi connectivity index (χ0n) is 11.6. The first kappa shape index (κ1) is 15.6. The summed E-state index contributed by atoms with van der Waals surface area (Å²) in [6.07, 6.45) is 0. The number of methoxy groups -OCH3 is 2. The summed E-state index contributed by atoms with van der Waals surface area (Å²) in [5.41, 5.74) is 0.373. The summed E-state index contributed by atoms with van der Waals surface area (Å²) in [4.78, 5) is 14.0. The van der Waals surface area contributed by atoms with Crippen LogP contribution < -0.4 is 14.8 Å². The van der Waals surface area contributed by atoms with E-state index in [1.807, 2.05) is 19.0 Å². The fourth-order valence-corrected chi connectivity index (χ4v) is 1.87. The van der Waals surface area contributed by atoms with Crippen molar-refractivity contribution >= 4 is 17.5 Å². The van der Waals surface area contributed by atoms with E-state index in [1.165, 1.54) is 14.2 Å². The Morgan fingerprint density at radius 3 is 2.53 bits per heavy atom. The van der Waals surface area contributed by atoms with E-state index in [0.717, 1.165) is 6.54 Å². The lowest BCUT2D eigenvalue weighted by Crippen LogP contribution is -2.31. The van der Waals surface area contributed by atoms with E-state index in [1.54, 1.807) is 12.1 Å². The molecule has 0 fully saturated rings. The molecule has 6 heteroatoms. The fraction of sp³-hybridized carbons (Fsp3) is 0.462. The summed E-state index contributed by atoms with van der Waals surface area (Å²) in [6.45, 7) is 1.31. The van der Waals surface area contributed by atoms with Crippen LogP contribution in [0.2, 0.25) is 5.02 Å². The van der Waals surface area contributed by atoms with E-state index in [0.29, 0.717) is 23.6 Å². The van der Waals surface area contributed by atoms with Crippen molar-refractivity contribution in [1.29, 1.82) is 0 Å². The van der Waals surface area contributed by atoms with Gasteiger partial charge in [0.15, 0.2) is 11.5 Å². The molecule has 0 unspecified atom stereocenters. The number of ether oxygens (including phenoxy) is 2. The fourth-order valence-electron chi connectivity index (χ4n) is 1.55. The summed E-state index contributed by atoms with van der Waals surface area (Å²) in [5.74, 6) is 0.634. The highest BCUT2D eigenvalue weighted by molar-refractivity contribution is 6.35. The van der Waals surface area contributed by atoms with Gasteiger partial charge in [-0.1, -0.05) is 11.6 Å². The van der Waals surface area contributed by atoms with E-state index >= 15 is 0 Å². The highest BCUT2D eigenvalue weighted by Gasteiger charge is 2.17. The average molecular weight is 287 g/mol. The molecule has 0 aromatic heterocycles. The third-order valence-corrected chi connectivity index (χ3v) is 2.95. The molecule has 0 bridgehead atoms. The number of carbonyl (C=O) groups excluding carboxylic acids is 1. The van der Waals surface area contributed by atoms with Crippen LogP contribution in [-0.2, 0) is 0 Å². The summed E-state index contributed by atoms with van der Waals surface area (Å²) < 4.78 is 10.3. The van der Waals surface area contributed by atoms with Crippen LogP contribution in [0, 0.1) is 0 Å². The van der Waals surface area contributed by atoms with Crippen molar-refractivity contribution in [1.82, 2.24) is 10.2 Å². The molecule has 0 saturated heterocycles. The molecule has 1 aromatic rings. The number of nitrogens with zero attached hydrogens (tertiary/aromatic N) is 1. The lowest BCUT2D eigenvalue weighted by atomic mass is 10.2. The lowest BCUT2D eigenvalue weighted by Gasteiger charge is -2.14. The third-order valence-electron chi connectivity index (χ3n) is 2.57. The van der Waals surface area contributed by atoms with Crippen LogP contribution in [-0.4, -0.2) is 52.2 Å². The van der Waals surface area contributed by atoms with Crippen LogP contribution in [0.15, 0.2) is 12.1 Å². The van der Waals surface area contributed by atoms with Crippen LogP contribution in [0.4, 0.5) is 0 Å². The van der Waals surface area contributed by atoms with Gasteiger partial charge in [-0.15, -0.1) is 0 Å². The van der Waals surface area contributed by atoms with Gasteiger partial charge in [0.25, 0.3) is 5.91 Å². The maximum atomic E-state index is 12.0. The van der Waals surface area contributed by atoms with E-state index in [4.69, 9.17) is 21.1 Å². The minimum absolute atomic E-state index is 0.229. The van der Waals surface area contributed by atoms with Crippen molar-refractivity contribution < 1.29 is 14.3 Å². The van der Waals surface area contributed by atoms with Crippen molar-refractivity contribution in [2.75, 3.05) is 41.4 Å². The number of nitrogens with one attached hydrogen (secondary N) is 1. The Balaban J connectivity index is 2.86. The van der Waals surface area contributed by atoms with Crippen LogP contribution in [0.1, 0.15) is 10.4 Å². The smallest absolute Gasteiger partial charge is 0.252 e. The first-order valence-corrected chi connectivity index (χ1v) is 6.22. The number of benzene rings is 1. The van der Waals surface area contributed by atoms with Crippen LogP contribution in [0.5, 0.6) is 11.5 Å². The predicted octanol–water partition coefficient (Wildman–Crippen LogP) is 1.65. The minimum Gasteiger partial charge on any atom is -0.493 e. The van der Waals surface area contributed by atoms with E-state index in [-0.39, 0.29) is 10.9 Å². The monoisotopic (exact) mass is 286 g/mol. The number of hydrogen-bond donors (Lipinski definition) is 1. The quantitative estimate of drug-likeness (QED) is 0.864. The normalized spacial score (nSPS) is 10.4. The molecule has 0 heterocycles. The number of carbonyl (C=O) groups is 1. The standard InChI is InChI=1S/C13H19ClN2O3/c1-16(2)8-7-15-13(17)9-5-6-10(18-3)12(19-4)11(9)14/h5-6H,7-8H2,1-4H3,(H,15,17). The Bertz CT molecular complexity index is 450. The summed E-state index contributed by atoms with van der Waals surface area (Å²) in [6, 6.07) is 3.28. The van der Waals surface area contributed by atoms with E-state index < -0.39 is 0 Å². The zero-order chi connectivity index (χ0) is 14.4. The minimum atomic E-state index is -0.229. The third kappa shape index (κ3) is 4.01. The van der Waals surface area contributed by atoms with Gasteiger partial charge in [0, 0.05) is 13.1 Å². The van der Waals surface area contributed by atoms with Gasteiger partial charge >= 0.3 is 0 Å². The molecule has 0 spiro atoms. The second-order valence-electron chi connectivity index (χ2n) is 4.22. The van der Waals surface area contributed by atoms with Gasteiger partial charge in [-0.25, -0.2) is 0 Å². The molecule has 1 amide bonds. The van der Waals surface area contributed by atoms with Crippen molar-refractivity contribution in [2.24, 2.45) is 0 Å². The summed E-state index contributed by atoms with van der Waals surface area (Å²) in [7, 11) is 6.88. The second kappa shape index (κ2) is 7.21. The van der Waals surface area contributed by atoms with Crippen LogP contribution >= 0.6 is 11.6 Å². The zero-order valence-corrected chi connectivity index (χ0v) is 12.4. The molecule has 19 heavy (non-hydrogen) atoms. The molecule has 0 aliphatic heterocycles. The molecule has 1 rings (SSSR count). The Hall–Kier alpha value is -1.46. The molecular formula is C13H19ClN2O3. The number of hydrogen-bond acceptors (Lipinski definition) is 4. The molecule has 0 aliphatic rings. The number of likely N-dealkylation sites (N-methyl/N-ethyl adjacent to an activating group) is 1. The number of halogens is 1. The predicted molar refractivity (Wildman–Crippen MR) is 75.4 cm³/mol. The van der Waals surface area contributed by atoms with Crippen molar-refractivity contribution in [2.45, 2.75) is 0 Å². The van der Waals surface area contributed by atoms with Gasteiger partial charge in [0.2, 0.25) is 0 Å². The Labute approximate surface area is 118 Å². The number of amides is 1. The maximum absolute atomic E-state index is 12.0. The van der Waals surface area contributed by atoms with Crippen molar-refractivity contribution in [3.63, 3.8) is 0 Å². The highest BCUT2D eigenvalue weighted by atomic mass is 35.5. The van der Waals surface area contributed by atoms with Gasteiger partial charge in [0.05, 0.1) is 24.8 Å². The van der Waals surface area contributed by atoms with Crippen molar-refractivity contribution in [3.05, 3.63) is 22.7 Å². The largest absolute Gasteiger partial charge is 0.493 e. The van der Waals surface area contributed by atoms with Crippen LogP contribution in [0.25, 0.3) is 0 Å². The molecule has 5 nitrogen and oxygen atoms in total.